The van der Waals surface area contributed by atoms with Crippen molar-refractivity contribution in [3.8, 4) is 0 Å². The molecule has 0 N–H and O–H groups in total. The highest BCUT2D eigenvalue weighted by Gasteiger charge is 1.98. The third kappa shape index (κ3) is 11.6. The van der Waals surface area contributed by atoms with Crippen LogP contribution in [0, 0.1) is 6.92 Å². The quantitative estimate of drug-likeness (QED) is 0.325. The maximum Gasteiger partial charge on any atom is 0.168 e. The molecule has 0 aliphatic carbocycles. The summed E-state index contributed by atoms with van der Waals surface area (Å²) in [7, 11) is -4.27. The Bertz CT molecular complexity index is 713. The molecule has 0 bridgehead atoms. The largest absolute Gasteiger partial charge is 0.744 e. The van der Waals surface area contributed by atoms with Crippen LogP contribution in [0.15, 0.2) is 59.8 Å². The third-order valence-electron chi connectivity index (χ3n) is 4.36. The number of pyridine rings is 1. The number of benzene rings is 1. The van der Waals surface area contributed by atoms with Crippen molar-refractivity contribution in [3.63, 3.8) is 0 Å². The Balaban J connectivity index is 0.000000289. The summed E-state index contributed by atoms with van der Waals surface area (Å²) in [6, 6.07) is 12.1. The third-order valence-corrected chi connectivity index (χ3v) is 5.21. The van der Waals surface area contributed by atoms with Gasteiger partial charge in [-0.2, -0.15) is 0 Å². The zero-order valence-electron chi connectivity index (χ0n) is 16.6. The smallest absolute Gasteiger partial charge is 0.168 e. The van der Waals surface area contributed by atoms with E-state index in [-0.39, 0.29) is 4.90 Å². The number of aryl methyl sites for hydroxylation is 2. The second-order valence-corrected chi connectivity index (χ2v) is 8.24. The van der Waals surface area contributed by atoms with E-state index in [9.17, 15) is 13.0 Å². The molecular weight excluding hydrogens is 358 g/mol. The lowest BCUT2D eigenvalue weighted by Crippen LogP contribution is -2.32. The van der Waals surface area contributed by atoms with Crippen LogP contribution in [0.4, 0.5) is 0 Å². The van der Waals surface area contributed by atoms with Crippen LogP contribution in [0.1, 0.15) is 63.9 Å². The first-order chi connectivity index (χ1) is 12.9. The highest BCUT2D eigenvalue weighted by Crippen LogP contribution is 2.09. The Labute approximate surface area is 165 Å². The summed E-state index contributed by atoms with van der Waals surface area (Å²) < 4.78 is 33.4. The van der Waals surface area contributed by atoms with Crippen molar-refractivity contribution in [2.24, 2.45) is 0 Å². The summed E-state index contributed by atoms with van der Waals surface area (Å²) in [5.41, 5.74) is 0.928. The van der Waals surface area contributed by atoms with Gasteiger partial charge in [-0.05, 0) is 25.5 Å². The lowest BCUT2D eigenvalue weighted by molar-refractivity contribution is -0.697. The fourth-order valence-corrected chi connectivity index (χ4v) is 3.19. The normalized spacial score (nSPS) is 10.9. The van der Waals surface area contributed by atoms with Gasteiger partial charge in [0.1, 0.15) is 16.7 Å². The van der Waals surface area contributed by atoms with E-state index in [1.807, 2.05) is 6.92 Å². The monoisotopic (exact) mass is 391 g/mol. The van der Waals surface area contributed by atoms with Crippen LogP contribution >= 0.6 is 0 Å². The van der Waals surface area contributed by atoms with E-state index < -0.39 is 10.1 Å². The first-order valence-electron chi connectivity index (χ1n) is 9.90. The van der Waals surface area contributed by atoms with E-state index in [1.54, 1.807) is 12.1 Å². The lowest BCUT2D eigenvalue weighted by atomic mass is 10.1. The Morgan fingerprint density at radius 2 is 1.33 bits per heavy atom. The van der Waals surface area contributed by atoms with E-state index in [0.717, 1.165) is 5.56 Å². The van der Waals surface area contributed by atoms with E-state index in [0.29, 0.717) is 0 Å². The topological polar surface area (TPSA) is 61.1 Å². The number of hydrogen-bond donors (Lipinski definition) is 0. The first kappa shape index (κ1) is 23.3. The average Bonchev–Trinajstić information content (AvgIpc) is 2.65. The molecule has 1 aromatic carbocycles. The zero-order valence-corrected chi connectivity index (χ0v) is 17.5. The molecular formula is C22H33NO3S. The highest BCUT2D eigenvalue weighted by atomic mass is 32.2. The summed E-state index contributed by atoms with van der Waals surface area (Å²) >= 11 is 0. The van der Waals surface area contributed by atoms with Gasteiger partial charge in [0, 0.05) is 18.6 Å². The van der Waals surface area contributed by atoms with Crippen LogP contribution in [-0.2, 0) is 16.7 Å². The minimum Gasteiger partial charge on any atom is -0.744 e. The molecule has 0 radical (unpaired) electrons. The van der Waals surface area contributed by atoms with Crippen molar-refractivity contribution in [2.45, 2.75) is 76.7 Å². The molecule has 5 heteroatoms. The van der Waals surface area contributed by atoms with Crippen LogP contribution in [0.25, 0.3) is 0 Å². The second-order valence-electron chi connectivity index (χ2n) is 6.86. The van der Waals surface area contributed by atoms with Crippen molar-refractivity contribution < 1.29 is 17.5 Å². The van der Waals surface area contributed by atoms with Gasteiger partial charge in [-0.1, -0.05) is 69.2 Å². The predicted octanol–water partition coefficient (Wildman–Crippen LogP) is 5.01. The van der Waals surface area contributed by atoms with Crippen LogP contribution in [0.2, 0.25) is 0 Å². The maximum absolute atomic E-state index is 10.4. The van der Waals surface area contributed by atoms with Crippen molar-refractivity contribution >= 4 is 10.1 Å². The van der Waals surface area contributed by atoms with E-state index in [2.05, 4.69) is 42.1 Å². The Morgan fingerprint density at radius 3 is 1.85 bits per heavy atom. The van der Waals surface area contributed by atoms with Gasteiger partial charge >= 0.3 is 0 Å². The fourth-order valence-electron chi connectivity index (χ4n) is 2.72. The fraction of sp³-hybridized carbons (Fsp3) is 0.500. The summed E-state index contributed by atoms with van der Waals surface area (Å²) in [5, 5.41) is 0. The van der Waals surface area contributed by atoms with Crippen molar-refractivity contribution in [3.05, 3.63) is 60.4 Å². The Hall–Kier alpha value is -1.72. The highest BCUT2D eigenvalue weighted by molar-refractivity contribution is 7.85. The molecule has 0 atom stereocenters. The number of unbranched alkanes of at least 4 members (excludes halogenated alkanes) is 7. The van der Waals surface area contributed by atoms with Crippen LogP contribution in [-0.4, -0.2) is 13.0 Å². The zero-order chi connectivity index (χ0) is 20.0. The summed E-state index contributed by atoms with van der Waals surface area (Å²) in [6.07, 6.45) is 15.5. The summed E-state index contributed by atoms with van der Waals surface area (Å²) in [6.45, 7) is 5.27. The Morgan fingerprint density at radius 1 is 0.815 bits per heavy atom. The molecule has 0 aliphatic heterocycles. The number of nitrogens with zero attached hydrogens (tertiary/aromatic N) is 1. The minimum atomic E-state index is -4.27. The Kier molecular flexibility index (Phi) is 11.6. The minimum absolute atomic E-state index is 0.178. The number of hydrogen-bond acceptors (Lipinski definition) is 3. The van der Waals surface area contributed by atoms with Gasteiger partial charge in [0.2, 0.25) is 0 Å². The first-order valence-corrected chi connectivity index (χ1v) is 11.3. The van der Waals surface area contributed by atoms with Crippen LogP contribution < -0.4 is 4.57 Å². The summed E-state index contributed by atoms with van der Waals surface area (Å²) in [4.78, 5) is -0.178. The van der Waals surface area contributed by atoms with Gasteiger partial charge in [0.25, 0.3) is 0 Å². The van der Waals surface area contributed by atoms with Gasteiger partial charge < -0.3 is 4.55 Å². The molecule has 2 rings (SSSR count). The van der Waals surface area contributed by atoms with Gasteiger partial charge in [0.15, 0.2) is 12.4 Å². The molecule has 0 saturated carbocycles. The average molecular weight is 392 g/mol. The molecule has 27 heavy (non-hydrogen) atoms. The molecule has 0 spiro atoms. The lowest BCUT2D eigenvalue weighted by Gasteiger charge is -2.05. The molecule has 2 aromatic rings. The summed E-state index contributed by atoms with van der Waals surface area (Å²) in [5.74, 6) is 0. The van der Waals surface area contributed by atoms with Gasteiger partial charge in [-0.3, -0.25) is 0 Å². The predicted molar refractivity (Wildman–Crippen MR) is 108 cm³/mol. The van der Waals surface area contributed by atoms with Crippen molar-refractivity contribution in [2.75, 3.05) is 0 Å². The maximum atomic E-state index is 10.4. The SMILES string of the molecule is CCCCCCCCCC[n+]1ccccc1.Cc1ccc(S(=O)(=O)[O-])cc1. The van der Waals surface area contributed by atoms with Crippen LogP contribution in [0.5, 0.6) is 0 Å². The molecule has 4 nitrogen and oxygen atoms in total. The molecule has 150 valence electrons. The molecule has 0 unspecified atom stereocenters. The van der Waals surface area contributed by atoms with Crippen LogP contribution in [0.3, 0.4) is 0 Å². The molecule has 1 aromatic heterocycles. The molecule has 0 amide bonds. The van der Waals surface area contributed by atoms with Gasteiger partial charge in [-0.15, -0.1) is 0 Å². The number of rotatable bonds is 10. The van der Waals surface area contributed by atoms with E-state index in [1.165, 1.54) is 70.0 Å². The van der Waals surface area contributed by atoms with Gasteiger partial charge in [-0.25, -0.2) is 13.0 Å². The van der Waals surface area contributed by atoms with Crippen molar-refractivity contribution in [1.29, 1.82) is 0 Å². The van der Waals surface area contributed by atoms with Crippen molar-refractivity contribution in [1.82, 2.24) is 0 Å². The molecule has 0 fully saturated rings. The molecule has 1 heterocycles. The van der Waals surface area contributed by atoms with E-state index in [4.69, 9.17) is 0 Å². The number of aromatic nitrogens is 1. The molecule has 0 aliphatic rings. The van der Waals surface area contributed by atoms with E-state index >= 15 is 0 Å². The second kappa shape index (κ2) is 13.4. The van der Waals surface area contributed by atoms with Gasteiger partial charge in [0.05, 0.1) is 4.90 Å². The molecule has 0 saturated heterocycles. The standard InChI is InChI=1S/C15H26N.C7H8O3S/c1-2-3-4-5-6-7-8-10-13-16-14-11-9-12-15-16;1-6-2-4-7(5-3-6)11(8,9)10/h9,11-12,14-15H,2-8,10,13H2,1H3;2-5H,1H3,(H,8,9,10)/q+1;/p-1.